The van der Waals surface area contributed by atoms with Gasteiger partial charge in [-0.1, -0.05) is 0 Å². The van der Waals surface area contributed by atoms with Crippen molar-refractivity contribution in [3.05, 3.63) is 23.8 Å². The van der Waals surface area contributed by atoms with Crippen molar-refractivity contribution in [3.8, 4) is 11.5 Å². The van der Waals surface area contributed by atoms with Crippen molar-refractivity contribution < 1.29 is 28.2 Å². The highest BCUT2D eigenvalue weighted by molar-refractivity contribution is 5.97. The van der Waals surface area contributed by atoms with Crippen molar-refractivity contribution in [2.45, 2.75) is 31.1 Å². The average Bonchev–Trinajstić information content (AvgIpc) is 2.38. The Morgan fingerprint density at radius 3 is 2.52 bits per heavy atom. The quantitative estimate of drug-likeness (QED) is 0.667. The summed E-state index contributed by atoms with van der Waals surface area (Å²) < 4.78 is 37.4. The smallest absolute Gasteiger partial charge is 0.403 e. The largest absolute Gasteiger partial charge is 0.508 e. The zero-order chi connectivity index (χ0) is 15.6. The Bertz CT molecular complexity index is 526. The second kappa shape index (κ2) is 5.80. The molecule has 21 heavy (non-hydrogen) atoms. The molecule has 116 valence electrons. The third kappa shape index (κ3) is 3.78. The lowest BCUT2D eigenvalue weighted by atomic mass is 10.00. The van der Waals surface area contributed by atoms with Crippen LogP contribution in [0.1, 0.15) is 23.2 Å². The number of carbonyl (C=O) groups is 1. The van der Waals surface area contributed by atoms with Gasteiger partial charge in [0.2, 0.25) is 0 Å². The normalized spacial score (nSPS) is 22.8. The Balaban J connectivity index is 1.93. The number of aromatic hydroxyl groups is 2. The molecule has 5 nitrogen and oxygen atoms in total. The average molecular weight is 304 g/mol. The molecule has 1 saturated heterocycles. The minimum absolute atomic E-state index is 0.00869. The minimum atomic E-state index is -4.29. The number of halogens is 3. The van der Waals surface area contributed by atoms with E-state index >= 15 is 0 Å². The van der Waals surface area contributed by atoms with E-state index in [0.717, 1.165) is 6.07 Å². The van der Waals surface area contributed by atoms with Gasteiger partial charge in [-0.3, -0.25) is 4.79 Å². The first-order valence-corrected chi connectivity index (χ1v) is 6.40. The molecule has 4 N–H and O–H groups in total. The van der Waals surface area contributed by atoms with Crippen LogP contribution in [0.15, 0.2) is 18.2 Å². The summed E-state index contributed by atoms with van der Waals surface area (Å²) in [6.45, 7) is 0.00869. The third-order valence-corrected chi connectivity index (χ3v) is 3.37. The van der Waals surface area contributed by atoms with Gasteiger partial charge in [-0.25, -0.2) is 0 Å². The summed E-state index contributed by atoms with van der Waals surface area (Å²) in [5.41, 5.74) is -0.0363. The maximum atomic E-state index is 12.5. The maximum Gasteiger partial charge on any atom is 0.403 e. The van der Waals surface area contributed by atoms with E-state index in [1.807, 2.05) is 0 Å². The summed E-state index contributed by atoms with van der Waals surface area (Å²) >= 11 is 0. The van der Waals surface area contributed by atoms with E-state index in [0.29, 0.717) is 0 Å². The van der Waals surface area contributed by atoms with Crippen LogP contribution in [-0.2, 0) is 0 Å². The van der Waals surface area contributed by atoms with Crippen LogP contribution >= 0.6 is 0 Å². The van der Waals surface area contributed by atoms with Crippen LogP contribution in [0.4, 0.5) is 13.2 Å². The molecule has 0 saturated carbocycles. The van der Waals surface area contributed by atoms with Crippen LogP contribution in [0.3, 0.4) is 0 Å². The van der Waals surface area contributed by atoms with E-state index in [1.165, 1.54) is 12.1 Å². The zero-order valence-electron chi connectivity index (χ0n) is 10.9. The molecule has 1 aromatic rings. The molecule has 1 fully saturated rings. The Kier molecular flexibility index (Phi) is 4.26. The summed E-state index contributed by atoms with van der Waals surface area (Å²) in [7, 11) is 0. The molecule has 2 atom stereocenters. The highest BCUT2D eigenvalue weighted by Gasteiger charge is 2.41. The first-order valence-electron chi connectivity index (χ1n) is 6.40. The van der Waals surface area contributed by atoms with E-state index in [1.54, 1.807) is 0 Å². The lowest BCUT2D eigenvalue weighted by molar-refractivity contribution is -0.160. The molecule has 0 bridgehead atoms. The van der Waals surface area contributed by atoms with Crippen LogP contribution in [-0.4, -0.2) is 40.9 Å². The second-order valence-electron chi connectivity index (χ2n) is 4.95. The van der Waals surface area contributed by atoms with Crippen LogP contribution in [0.5, 0.6) is 11.5 Å². The molecule has 1 amide bonds. The van der Waals surface area contributed by atoms with Crippen molar-refractivity contribution >= 4 is 5.91 Å². The topological polar surface area (TPSA) is 81.6 Å². The monoisotopic (exact) mass is 304 g/mol. The molecule has 2 unspecified atom stereocenters. The maximum absolute atomic E-state index is 12.5. The summed E-state index contributed by atoms with van der Waals surface area (Å²) in [6.07, 6.45) is -4.21. The highest BCUT2D eigenvalue weighted by Crippen LogP contribution is 2.27. The fourth-order valence-corrected chi connectivity index (χ4v) is 2.23. The van der Waals surface area contributed by atoms with Gasteiger partial charge < -0.3 is 20.8 Å². The lowest BCUT2D eigenvalue weighted by Crippen LogP contribution is -2.54. The third-order valence-electron chi connectivity index (χ3n) is 3.37. The van der Waals surface area contributed by atoms with Crippen LogP contribution < -0.4 is 10.6 Å². The van der Waals surface area contributed by atoms with E-state index < -0.39 is 24.2 Å². The van der Waals surface area contributed by atoms with Crippen molar-refractivity contribution in [3.63, 3.8) is 0 Å². The van der Waals surface area contributed by atoms with Gasteiger partial charge in [0.25, 0.3) is 5.91 Å². The molecule has 1 aliphatic rings. The number of phenols is 2. The Labute approximate surface area is 118 Å². The number of amides is 1. The molecule has 0 spiro atoms. The van der Waals surface area contributed by atoms with Crippen molar-refractivity contribution in [2.75, 3.05) is 6.54 Å². The van der Waals surface area contributed by atoms with E-state index in [9.17, 15) is 23.1 Å². The summed E-state index contributed by atoms with van der Waals surface area (Å²) in [5.74, 6) is -1.16. The number of hydrogen-bond donors (Lipinski definition) is 4. The van der Waals surface area contributed by atoms with Crippen molar-refractivity contribution in [1.29, 1.82) is 0 Å². The fraction of sp³-hybridized carbons (Fsp3) is 0.462. The molecule has 8 heteroatoms. The lowest BCUT2D eigenvalue weighted by Gasteiger charge is -2.31. The van der Waals surface area contributed by atoms with Gasteiger partial charge in [-0.2, -0.15) is 13.2 Å². The molecule has 0 aromatic heterocycles. The zero-order valence-corrected chi connectivity index (χ0v) is 10.9. The Morgan fingerprint density at radius 2 is 2.00 bits per heavy atom. The van der Waals surface area contributed by atoms with Gasteiger partial charge in [0, 0.05) is 18.7 Å². The predicted molar refractivity (Wildman–Crippen MR) is 68.1 cm³/mol. The predicted octanol–water partition coefficient (Wildman–Crippen LogP) is 1.51. The second-order valence-corrected chi connectivity index (χ2v) is 4.95. The molecule has 1 aliphatic heterocycles. The standard InChI is InChI=1S/C13H15F3N2O3/c14-13(15,16)11-4-1-7(6-17-11)18-12(21)9-3-2-8(19)5-10(9)20/h2-3,5,7,11,17,19-20H,1,4,6H2,(H,18,21). The minimum Gasteiger partial charge on any atom is -0.508 e. The van der Waals surface area contributed by atoms with Crippen LogP contribution in [0.2, 0.25) is 0 Å². The summed E-state index contributed by atoms with van der Waals surface area (Å²) in [5, 5.41) is 23.6. The fourth-order valence-electron chi connectivity index (χ4n) is 2.23. The van der Waals surface area contributed by atoms with Gasteiger partial charge in [0.05, 0.1) is 5.56 Å². The van der Waals surface area contributed by atoms with Gasteiger partial charge in [0.15, 0.2) is 0 Å². The number of hydrogen-bond acceptors (Lipinski definition) is 4. The molecule has 1 aromatic carbocycles. The van der Waals surface area contributed by atoms with Crippen molar-refractivity contribution in [1.82, 2.24) is 10.6 Å². The number of benzene rings is 1. The number of carbonyl (C=O) groups excluding carboxylic acids is 1. The van der Waals surface area contributed by atoms with E-state index in [-0.39, 0.29) is 36.4 Å². The molecule has 1 heterocycles. The number of phenolic OH excluding ortho intramolecular Hbond substituents is 2. The number of rotatable bonds is 2. The van der Waals surface area contributed by atoms with Gasteiger partial charge >= 0.3 is 6.18 Å². The first-order chi connectivity index (χ1) is 9.77. The molecular weight excluding hydrogens is 289 g/mol. The Morgan fingerprint density at radius 1 is 1.29 bits per heavy atom. The number of alkyl halides is 3. The van der Waals surface area contributed by atoms with Gasteiger partial charge in [-0.15, -0.1) is 0 Å². The summed E-state index contributed by atoms with van der Waals surface area (Å²) in [6, 6.07) is 1.52. The molecule has 0 radical (unpaired) electrons. The number of nitrogens with one attached hydrogen (secondary N) is 2. The SMILES string of the molecule is O=C(NC1CCC(C(F)(F)F)NC1)c1ccc(O)cc1O. The van der Waals surface area contributed by atoms with Crippen LogP contribution in [0, 0.1) is 0 Å². The molecule has 0 aliphatic carbocycles. The summed E-state index contributed by atoms with van der Waals surface area (Å²) in [4.78, 5) is 11.9. The van der Waals surface area contributed by atoms with Crippen LogP contribution in [0.25, 0.3) is 0 Å². The van der Waals surface area contributed by atoms with Gasteiger partial charge in [0.1, 0.15) is 17.5 Å². The highest BCUT2D eigenvalue weighted by atomic mass is 19.4. The Hall–Kier alpha value is -1.96. The first kappa shape index (κ1) is 15.4. The van der Waals surface area contributed by atoms with E-state index in [4.69, 9.17) is 5.11 Å². The van der Waals surface area contributed by atoms with Gasteiger partial charge in [-0.05, 0) is 25.0 Å². The molecular formula is C13H15F3N2O3. The number of piperidine rings is 1. The van der Waals surface area contributed by atoms with Crippen molar-refractivity contribution in [2.24, 2.45) is 0 Å². The van der Waals surface area contributed by atoms with E-state index in [2.05, 4.69) is 10.6 Å². The molecule has 2 rings (SSSR count).